The van der Waals surface area contributed by atoms with Crippen molar-refractivity contribution in [2.24, 2.45) is 0 Å². The van der Waals surface area contributed by atoms with Gasteiger partial charge in [0.15, 0.2) is 0 Å². The van der Waals surface area contributed by atoms with E-state index >= 15 is 0 Å². The molecule has 1 aliphatic heterocycles. The molecule has 0 bridgehead atoms. The summed E-state index contributed by atoms with van der Waals surface area (Å²) in [7, 11) is 0. The molecule has 4 nitrogen and oxygen atoms in total. The molecule has 0 aromatic heterocycles. The van der Waals surface area contributed by atoms with E-state index in [0.29, 0.717) is 0 Å². The summed E-state index contributed by atoms with van der Waals surface area (Å²) in [5, 5.41) is 11.4. The zero-order chi connectivity index (χ0) is 10.8. The molecule has 5 heteroatoms. The minimum atomic E-state index is -0.971. The number of carboxylic acids is 1. The van der Waals surface area contributed by atoms with Crippen LogP contribution in [0.4, 0.5) is 5.69 Å². The van der Waals surface area contributed by atoms with Crippen LogP contribution < -0.4 is 5.32 Å². The number of fused-ring (bicyclic) bond motifs is 1. The summed E-state index contributed by atoms with van der Waals surface area (Å²) >= 11 is 1.10. The van der Waals surface area contributed by atoms with Crippen LogP contribution in [0.15, 0.2) is 29.2 Å². The molecule has 0 fully saturated rings. The van der Waals surface area contributed by atoms with Gasteiger partial charge in [-0.1, -0.05) is 12.1 Å². The highest BCUT2D eigenvalue weighted by Gasteiger charge is 2.27. The third-order valence-corrected chi connectivity index (χ3v) is 3.15. The molecular formula is C10H9NO3S. The summed E-state index contributed by atoms with van der Waals surface area (Å²) < 4.78 is 0. The van der Waals surface area contributed by atoms with Crippen LogP contribution in [-0.2, 0) is 9.59 Å². The largest absolute Gasteiger partial charge is 0.481 e. The Hall–Kier alpha value is -1.49. The van der Waals surface area contributed by atoms with Gasteiger partial charge in [0.25, 0.3) is 0 Å². The maximum absolute atomic E-state index is 11.5. The van der Waals surface area contributed by atoms with Gasteiger partial charge in [-0.2, -0.15) is 0 Å². The van der Waals surface area contributed by atoms with Crippen molar-refractivity contribution in [2.75, 3.05) is 5.32 Å². The number of hydrogen-bond acceptors (Lipinski definition) is 4. The van der Waals surface area contributed by atoms with Crippen LogP contribution >= 0.6 is 11.8 Å². The molecule has 0 spiro atoms. The van der Waals surface area contributed by atoms with Crippen molar-refractivity contribution in [1.82, 2.24) is 0 Å². The van der Waals surface area contributed by atoms with E-state index in [2.05, 4.69) is 5.32 Å². The second-order valence-electron chi connectivity index (χ2n) is 3.21. The fraction of sp³-hybridized carbons (Fsp3) is 0.200. The van der Waals surface area contributed by atoms with E-state index < -0.39 is 12.0 Å². The minimum absolute atomic E-state index is 0.142. The molecule has 1 aromatic rings. The van der Waals surface area contributed by atoms with Crippen molar-refractivity contribution in [2.45, 2.75) is 17.4 Å². The van der Waals surface area contributed by atoms with Crippen LogP contribution in [0.25, 0.3) is 0 Å². The van der Waals surface area contributed by atoms with Crippen LogP contribution in [0.3, 0.4) is 0 Å². The normalized spacial score (nSPS) is 19.2. The Balaban J connectivity index is 2.22. The third-order valence-electron chi connectivity index (χ3n) is 2.09. The Morgan fingerprint density at radius 2 is 2.20 bits per heavy atom. The van der Waals surface area contributed by atoms with Gasteiger partial charge in [0.2, 0.25) is 5.12 Å². The minimum Gasteiger partial charge on any atom is -0.481 e. The molecular weight excluding hydrogens is 214 g/mol. The van der Waals surface area contributed by atoms with Gasteiger partial charge in [-0.25, -0.2) is 0 Å². The van der Waals surface area contributed by atoms with Crippen LogP contribution in [0, 0.1) is 0 Å². The zero-order valence-electron chi connectivity index (χ0n) is 7.77. The van der Waals surface area contributed by atoms with Gasteiger partial charge in [-0.05, 0) is 23.9 Å². The summed E-state index contributed by atoms with van der Waals surface area (Å²) in [6, 6.07) is 6.74. The van der Waals surface area contributed by atoms with Crippen molar-refractivity contribution in [3.63, 3.8) is 0 Å². The van der Waals surface area contributed by atoms with Crippen LogP contribution in [0.5, 0.6) is 0 Å². The Morgan fingerprint density at radius 3 is 2.93 bits per heavy atom. The first-order valence-corrected chi connectivity index (χ1v) is 5.27. The van der Waals surface area contributed by atoms with Gasteiger partial charge >= 0.3 is 5.97 Å². The average molecular weight is 223 g/mol. The quantitative estimate of drug-likeness (QED) is 0.796. The predicted molar refractivity (Wildman–Crippen MR) is 57.0 cm³/mol. The lowest BCUT2D eigenvalue weighted by Crippen LogP contribution is -2.32. The van der Waals surface area contributed by atoms with Crippen molar-refractivity contribution in [3.05, 3.63) is 24.3 Å². The van der Waals surface area contributed by atoms with E-state index in [9.17, 15) is 9.59 Å². The van der Waals surface area contributed by atoms with E-state index in [4.69, 9.17) is 5.11 Å². The summed E-state index contributed by atoms with van der Waals surface area (Å²) in [6.45, 7) is 0. The molecule has 0 aliphatic carbocycles. The smallest absolute Gasteiger partial charge is 0.305 e. The van der Waals surface area contributed by atoms with Crippen molar-refractivity contribution < 1.29 is 14.7 Å². The van der Waals surface area contributed by atoms with E-state index in [1.807, 2.05) is 24.3 Å². The van der Waals surface area contributed by atoms with Crippen molar-refractivity contribution >= 4 is 28.5 Å². The number of anilines is 1. The van der Waals surface area contributed by atoms with Crippen LogP contribution in [0.1, 0.15) is 6.42 Å². The van der Waals surface area contributed by atoms with Crippen LogP contribution in [0.2, 0.25) is 0 Å². The molecule has 1 atom stereocenters. The highest BCUT2D eigenvalue weighted by molar-refractivity contribution is 8.14. The number of carbonyl (C=O) groups is 2. The first kappa shape index (κ1) is 10.0. The topological polar surface area (TPSA) is 66.4 Å². The van der Waals surface area contributed by atoms with E-state index in [0.717, 1.165) is 22.3 Å². The number of rotatable bonds is 2. The highest BCUT2D eigenvalue weighted by atomic mass is 32.2. The van der Waals surface area contributed by atoms with Crippen LogP contribution in [-0.4, -0.2) is 22.2 Å². The molecule has 1 unspecified atom stereocenters. The molecule has 0 amide bonds. The first-order chi connectivity index (χ1) is 7.16. The van der Waals surface area contributed by atoms with Gasteiger partial charge in [-0.15, -0.1) is 0 Å². The summed E-state index contributed by atoms with van der Waals surface area (Å²) in [5.74, 6) is -0.971. The summed E-state index contributed by atoms with van der Waals surface area (Å²) in [6.07, 6.45) is -0.180. The molecule has 2 N–H and O–H groups in total. The molecule has 0 saturated carbocycles. The second-order valence-corrected chi connectivity index (χ2v) is 4.26. The molecule has 2 rings (SSSR count). The van der Waals surface area contributed by atoms with Gasteiger partial charge in [0.05, 0.1) is 6.42 Å². The Bertz CT molecular complexity index is 419. The SMILES string of the molecule is O=C(O)CC1Nc2ccccc2SC1=O. The molecule has 0 saturated heterocycles. The number of hydrogen-bond donors (Lipinski definition) is 2. The highest BCUT2D eigenvalue weighted by Crippen LogP contribution is 2.34. The zero-order valence-corrected chi connectivity index (χ0v) is 8.58. The number of benzene rings is 1. The van der Waals surface area contributed by atoms with E-state index in [1.54, 1.807) is 0 Å². The van der Waals surface area contributed by atoms with Crippen molar-refractivity contribution in [1.29, 1.82) is 0 Å². The number of thioether (sulfide) groups is 1. The first-order valence-electron chi connectivity index (χ1n) is 4.46. The van der Waals surface area contributed by atoms with E-state index in [-0.39, 0.29) is 11.5 Å². The predicted octanol–water partition coefficient (Wildman–Crippen LogP) is 1.57. The fourth-order valence-corrected chi connectivity index (χ4v) is 2.29. The lowest BCUT2D eigenvalue weighted by atomic mass is 10.2. The Labute approximate surface area is 90.7 Å². The lowest BCUT2D eigenvalue weighted by molar-refractivity contribution is -0.138. The molecule has 78 valence electrons. The van der Waals surface area contributed by atoms with Gasteiger partial charge in [0, 0.05) is 10.6 Å². The average Bonchev–Trinajstić information content (AvgIpc) is 2.18. The maximum atomic E-state index is 11.5. The molecule has 1 aromatic carbocycles. The monoisotopic (exact) mass is 223 g/mol. The number of carbonyl (C=O) groups excluding carboxylic acids is 1. The van der Waals surface area contributed by atoms with Gasteiger partial charge in [-0.3, -0.25) is 9.59 Å². The summed E-state index contributed by atoms with van der Waals surface area (Å²) in [5.41, 5.74) is 0.827. The summed E-state index contributed by atoms with van der Waals surface area (Å²) in [4.78, 5) is 22.9. The fourth-order valence-electron chi connectivity index (χ4n) is 1.41. The Morgan fingerprint density at radius 1 is 1.47 bits per heavy atom. The van der Waals surface area contributed by atoms with Gasteiger partial charge in [0.1, 0.15) is 6.04 Å². The Kier molecular flexibility index (Phi) is 2.64. The number of carboxylic acid groups (broad SMARTS) is 1. The number of nitrogens with one attached hydrogen (secondary N) is 1. The second kappa shape index (κ2) is 3.94. The van der Waals surface area contributed by atoms with Crippen molar-refractivity contribution in [3.8, 4) is 0 Å². The lowest BCUT2D eigenvalue weighted by Gasteiger charge is -2.23. The number of para-hydroxylation sites is 1. The third kappa shape index (κ3) is 2.12. The number of aliphatic carboxylic acids is 1. The molecule has 15 heavy (non-hydrogen) atoms. The maximum Gasteiger partial charge on any atom is 0.305 e. The standard InChI is InChI=1S/C10H9NO3S/c12-9(13)5-7-10(14)15-8-4-2-1-3-6(8)11-7/h1-4,7,11H,5H2,(H,12,13). The molecule has 1 heterocycles. The van der Waals surface area contributed by atoms with E-state index in [1.165, 1.54) is 0 Å². The van der Waals surface area contributed by atoms with Gasteiger partial charge < -0.3 is 10.4 Å². The molecule has 0 radical (unpaired) electrons. The molecule has 1 aliphatic rings.